The molecule has 0 heterocycles. The lowest BCUT2D eigenvalue weighted by Gasteiger charge is -2.12. The summed E-state index contributed by atoms with van der Waals surface area (Å²) in [7, 11) is 3.80. The van der Waals surface area contributed by atoms with Gasteiger partial charge in [-0.15, -0.1) is 0 Å². The lowest BCUT2D eigenvalue weighted by Crippen LogP contribution is -2.10. The van der Waals surface area contributed by atoms with Crippen LogP contribution in [0.3, 0.4) is 0 Å². The SMILES string of the molecule is C/C(=C\C(=O)c1ccc(Cl)cc1Br)N(C)C. The van der Waals surface area contributed by atoms with Crippen LogP contribution in [-0.2, 0) is 0 Å². The number of nitrogens with zero attached hydrogens (tertiary/aromatic N) is 1. The fourth-order valence-electron chi connectivity index (χ4n) is 1.09. The van der Waals surface area contributed by atoms with Crippen LogP contribution in [0.2, 0.25) is 5.02 Å². The van der Waals surface area contributed by atoms with Crippen molar-refractivity contribution in [1.29, 1.82) is 0 Å². The van der Waals surface area contributed by atoms with Gasteiger partial charge in [-0.2, -0.15) is 0 Å². The van der Waals surface area contributed by atoms with Gasteiger partial charge in [0.15, 0.2) is 5.78 Å². The van der Waals surface area contributed by atoms with Crippen LogP contribution in [0.4, 0.5) is 0 Å². The van der Waals surface area contributed by atoms with E-state index in [2.05, 4.69) is 15.9 Å². The maximum absolute atomic E-state index is 11.9. The number of rotatable bonds is 3. The van der Waals surface area contributed by atoms with E-state index < -0.39 is 0 Å². The number of carbonyl (C=O) groups excluding carboxylic acids is 1. The Hall–Kier alpha value is -0.800. The predicted molar refractivity (Wildman–Crippen MR) is 70.9 cm³/mol. The van der Waals surface area contributed by atoms with Crippen LogP contribution in [-0.4, -0.2) is 24.8 Å². The molecule has 1 aromatic carbocycles. The third kappa shape index (κ3) is 3.35. The first-order chi connectivity index (χ1) is 7.41. The lowest BCUT2D eigenvalue weighted by atomic mass is 10.1. The molecule has 0 spiro atoms. The van der Waals surface area contributed by atoms with Gasteiger partial charge in [-0.25, -0.2) is 0 Å². The average molecular weight is 303 g/mol. The van der Waals surface area contributed by atoms with Crippen LogP contribution >= 0.6 is 27.5 Å². The second kappa shape index (κ2) is 5.51. The van der Waals surface area contributed by atoms with E-state index in [1.807, 2.05) is 25.9 Å². The van der Waals surface area contributed by atoms with E-state index in [-0.39, 0.29) is 5.78 Å². The van der Waals surface area contributed by atoms with Crippen LogP contribution in [0, 0.1) is 0 Å². The summed E-state index contributed by atoms with van der Waals surface area (Å²) >= 11 is 9.14. The third-order valence-electron chi connectivity index (χ3n) is 2.24. The molecule has 0 radical (unpaired) electrons. The van der Waals surface area contributed by atoms with Gasteiger partial charge in [0.25, 0.3) is 0 Å². The molecule has 0 aromatic heterocycles. The Balaban J connectivity index is 3.02. The van der Waals surface area contributed by atoms with Crippen molar-refractivity contribution in [3.05, 3.63) is 45.0 Å². The molecule has 0 unspecified atom stereocenters. The lowest BCUT2D eigenvalue weighted by molar-refractivity contribution is 0.104. The monoisotopic (exact) mass is 301 g/mol. The molecule has 0 fully saturated rings. The minimum atomic E-state index is -0.0326. The molecule has 2 nitrogen and oxygen atoms in total. The molecular formula is C12H13BrClNO. The zero-order valence-corrected chi connectivity index (χ0v) is 11.8. The van der Waals surface area contributed by atoms with Gasteiger partial charge in [0, 0.05) is 40.9 Å². The van der Waals surface area contributed by atoms with E-state index in [1.165, 1.54) is 0 Å². The van der Waals surface area contributed by atoms with Crippen molar-refractivity contribution < 1.29 is 4.79 Å². The van der Waals surface area contributed by atoms with Crippen molar-refractivity contribution in [2.24, 2.45) is 0 Å². The quantitative estimate of drug-likeness (QED) is 0.626. The Morgan fingerprint density at radius 3 is 2.56 bits per heavy atom. The Morgan fingerprint density at radius 2 is 2.06 bits per heavy atom. The highest BCUT2D eigenvalue weighted by molar-refractivity contribution is 9.10. The summed E-state index contributed by atoms with van der Waals surface area (Å²) < 4.78 is 0.716. The van der Waals surface area contributed by atoms with Gasteiger partial charge in [-0.3, -0.25) is 4.79 Å². The summed E-state index contributed by atoms with van der Waals surface area (Å²) in [6.07, 6.45) is 1.61. The molecule has 0 saturated carbocycles. The molecule has 4 heteroatoms. The van der Waals surface area contributed by atoms with Crippen LogP contribution < -0.4 is 0 Å². The van der Waals surface area contributed by atoms with Gasteiger partial charge < -0.3 is 4.90 Å². The second-order valence-electron chi connectivity index (χ2n) is 3.67. The van der Waals surface area contributed by atoms with Crippen molar-refractivity contribution in [2.45, 2.75) is 6.92 Å². The molecule has 0 aliphatic heterocycles. The fourth-order valence-corrected chi connectivity index (χ4v) is 1.96. The van der Waals surface area contributed by atoms with E-state index in [9.17, 15) is 4.79 Å². The minimum absolute atomic E-state index is 0.0326. The summed E-state index contributed by atoms with van der Waals surface area (Å²) in [5.41, 5.74) is 1.53. The first-order valence-corrected chi connectivity index (χ1v) is 5.94. The molecule has 0 N–H and O–H groups in total. The summed E-state index contributed by atoms with van der Waals surface area (Å²) in [5, 5.41) is 0.608. The van der Waals surface area contributed by atoms with Crippen molar-refractivity contribution in [3.8, 4) is 0 Å². The number of allylic oxidation sites excluding steroid dienone is 2. The van der Waals surface area contributed by atoms with E-state index >= 15 is 0 Å². The number of halogens is 2. The van der Waals surface area contributed by atoms with E-state index in [0.29, 0.717) is 15.1 Å². The highest BCUT2D eigenvalue weighted by Crippen LogP contribution is 2.22. The smallest absolute Gasteiger partial charge is 0.188 e. The molecule has 0 aliphatic rings. The van der Waals surface area contributed by atoms with Crippen molar-refractivity contribution in [3.63, 3.8) is 0 Å². The number of ketones is 1. The molecule has 0 amide bonds. The first kappa shape index (κ1) is 13.3. The minimum Gasteiger partial charge on any atom is -0.381 e. The summed E-state index contributed by atoms with van der Waals surface area (Å²) in [6.45, 7) is 1.89. The van der Waals surface area contributed by atoms with Crippen molar-refractivity contribution in [2.75, 3.05) is 14.1 Å². The molecule has 1 aromatic rings. The van der Waals surface area contributed by atoms with E-state index in [0.717, 1.165) is 5.70 Å². The van der Waals surface area contributed by atoms with Gasteiger partial charge >= 0.3 is 0 Å². The Morgan fingerprint density at radius 1 is 1.44 bits per heavy atom. The fraction of sp³-hybridized carbons (Fsp3) is 0.250. The zero-order chi connectivity index (χ0) is 12.3. The summed E-state index contributed by atoms with van der Waals surface area (Å²) in [5.74, 6) is -0.0326. The maximum Gasteiger partial charge on any atom is 0.188 e. The van der Waals surface area contributed by atoms with Crippen LogP contribution in [0.25, 0.3) is 0 Å². The molecule has 0 bridgehead atoms. The van der Waals surface area contributed by atoms with Crippen molar-refractivity contribution >= 4 is 33.3 Å². The third-order valence-corrected chi connectivity index (χ3v) is 3.13. The Labute approximate surface area is 109 Å². The Bertz CT molecular complexity index is 441. The maximum atomic E-state index is 11.9. The normalized spacial score (nSPS) is 11.4. The van der Waals surface area contributed by atoms with Crippen LogP contribution in [0.1, 0.15) is 17.3 Å². The highest BCUT2D eigenvalue weighted by atomic mass is 79.9. The number of hydrogen-bond acceptors (Lipinski definition) is 2. The molecule has 1 rings (SSSR count). The summed E-state index contributed by atoms with van der Waals surface area (Å²) in [6, 6.07) is 5.14. The van der Waals surface area contributed by atoms with E-state index in [4.69, 9.17) is 11.6 Å². The number of hydrogen-bond donors (Lipinski definition) is 0. The molecule has 0 aliphatic carbocycles. The van der Waals surface area contributed by atoms with Gasteiger partial charge in [-0.1, -0.05) is 11.6 Å². The van der Waals surface area contributed by atoms with Gasteiger partial charge in [0.2, 0.25) is 0 Å². The molecule has 0 atom stereocenters. The second-order valence-corrected chi connectivity index (χ2v) is 4.96. The van der Waals surface area contributed by atoms with Crippen LogP contribution in [0.15, 0.2) is 34.4 Å². The topological polar surface area (TPSA) is 20.3 Å². The van der Waals surface area contributed by atoms with Gasteiger partial charge in [0.1, 0.15) is 0 Å². The van der Waals surface area contributed by atoms with E-state index in [1.54, 1.807) is 24.3 Å². The van der Waals surface area contributed by atoms with Gasteiger partial charge in [0.05, 0.1) is 0 Å². The summed E-state index contributed by atoms with van der Waals surface area (Å²) in [4.78, 5) is 13.8. The average Bonchev–Trinajstić information content (AvgIpc) is 2.16. The molecular weight excluding hydrogens is 289 g/mol. The Kier molecular flexibility index (Phi) is 4.56. The van der Waals surface area contributed by atoms with Gasteiger partial charge in [-0.05, 0) is 41.1 Å². The first-order valence-electron chi connectivity index (χ1n) is 4.77. The zero-order valence-electron chi connectivity index (χ0n) is 9.42. The van der Waals surface area contributed by atoms with Crippen molar-refractivity contribution in [1.82, 2.24) is 4.90 Å². The number of benzene rings is 1. The molecule has 86 valence electrons. The van der Waals surface area contributed by atoms with Crippen LogP contribution in [0.5, 0.6) is 0 Å². The standard InChI is InChI=1S/C12H13BrClNO/c1-8(15(2)3)6-12(16)10-5-4-9(14)7-11(10)13/h4-7H,1-3H3/b8-6+. The highest BCUT2D eigenvalue weighted by Gasteiger charge is 2.08. The largest absolute Gasteiger partial charge is 0.381 e. The number of carbonyl (C=O) groups is 1. The molecule has 16 heavy (non-hydrogen) atoms. The molecule has 0 saturated heterocycles. The predicted octanol–water partition coefficient (Wildman–Crippen LogP) is 3.75.